The van der Waals surface area contributed by atoms with E-state index in [1.54, 1.807) is 12.4 Å². The third kappa shape index (κ3) is 1.23. The summed E-state index contributed by atoms with van der Waals surface area (Å²) in [6, 6.07) is 0. The highest BCUT2D eigenvalue weighted by Crippen LogP contribution is 2.29. The van der Waals surface area contributed by atoms with Crippen molar-refractivity contribution in [2.24, 2.45) is 0 Å². The summed E-state index contributed by atoms with van der Waals surface area (Å²) in [6.45, 7) is 0.608. The Morgan fingerprint density at radius 2 is 2.50 bits per heavy atom. The molecule has 1 aromatic rings. The van der Waals surface area contributed by atoms with Crippen LogP contribution in [-0.2, 0) is 10.5 Å². The second-order valence-corrected chi connectivity index (χ2v) is 3.03. The van der Waals surface area contributed by atoms with Crippen molar-refractivity contribution in [1.29, 1.82) is 0 Å². The van der Waals surface area contributed by atoms with Gasteiger partial charge >= 0.3 is 0 Å². The maximum absolute atomic E-state index is 9.92. The topological polar surface area (TPSA) is 58.1 Å². The first-order valence-corrected chi connectivity index (χ1v) is 4.17. The van der Waals surface area contributed by atoms with Crippen molar-refractivity contribution in [1.82, 2.24) is 9.97 Å². The van der Waals surface area contributed by atoms with E-state index in [1.165, 1.54) is 0 Å². The molecule has 12 heavy (non-hydrogen) atoms. The van der Waals surface area contributed by atoms with Gasteiger partial charge < -0.3 is 14.8 Å². The molecule has 0 aromatic carbocycles. The predicted octanol–water partition coefficient (Wildman–Crippen LogP) is 0.755. The van der Waals surface area contributed by atoms with Gasteiger partial charge in [0.25, 0.3) is 0 Å². The largest absolute Gasteiger partial charge is 0.359 e. The van der Waals surface area contributed by atoms with Crippen LogP contribution in [-0.4, -0.2) is 21.7 Å². The average Bonchev–Trinajstić information content (AvgIpc) is 2.58. The minimum Gasteiger partial charge on any atom is -0.359 e. The maximum Gasteiger partial charge on any atom is 0.225 e. The molecule has 0 spiro atoms. The van der Waals surface area contributed by atoms with E-state index in [2.05, 4.69) is 9.97 Å². The van der Waals surface area contributed by atoms with Crippen LogP contribution in [0.5, 0.6) is 0 Å². The van der Waals surface area contributed by atoms with Crippen LogP contribution in [0.15, 0.2) is 12.4 Å². The second kappa shape index (κ2) is 2.88. The Morgan fingerprint density at radius 3 is 3.08 bits per heavy atom. The van der Waals surface area contributed by atoms with Crippen molar-refractivity contribution in [3.8, 4) is 0 Å². The summed E-state index contributed by atoms with van der Waals surface area (Å²) in [4.78, 5) is 6.84. The maximum atomic E-state index is 9.92. The number of aromatic nitrogens is 2. The van der Waals surface area contributed by atoms with E-state index in [1.807, 2.05) is 0 Å². The Bertz CT molecular complexity index is 240. The van der Waals surface area contributed by atoms with Gasteiger partial charge in [-0.05, 0) is 12.8 Å². The second-order valence-electron chi connectivity index (χ2n) is 3.03. The van der Waals surface area contributed by atoms with E-state index in [-0.39, 0.29) is 0 Å². The third-order valence-electron chi connectivity index (χ3n) is 2.12. The van der Waals surface area contributed by atoms with E-state index in [9.17, 15) is 5.11 Å². The molecular weight excluding hydrogens is 156 g/mol. The summed E-state index contributed by atoms with van der Waals surface area (Å²) in [5, 5.41) is 9.92. The van der Waals surface area contributed by atoms with E-state index in [0.29, 0.717) is 18.9 Å². The van der Waals surface area contributed by atoms with Gasteiger partial charge in [-0.1, -0.05) is 0 Å². The number of aromatic amines is 1. The number of rotatable bonds is 1. The fourth-order valence-corrected chi connectivity index (χ4v) is 1.45. The van der Waals surface area contributed by atoms with Crippen molar-refractivity contribution in [3.05, 3.63) is 18.2 Å². The predicted molar refractivity (Wildman–Crippen MR) is 42.3 cm³/mol. The molecular formula is C8H12N2O2. The summed E-state index contributed by atoms with van der Waals surface area (Å²) in [5.74, 6) is -0.649. The van der Waals surface area contributed by atoms with Gasteiger partial charge in [-0.15, -0.1) is 0 Å². The van der Waals surface area contributed by atoms with Crippen molar-refractivity contribution in [3.63, 3.8) is 0 Å². The summed E-state index contributed by atoms with van der Waals surface area (Å²) < 4.78 is 5.27. The Kier molecular flexibility index (Phi) is 1.86. The van der Waals surface area contributed by atoms with Crippen LogP contribution in [0.2, 0.25) is 0 Å². The molecule has 1 aliphatic heterocycles. The number of hydrogen-bond donors (Lipinski definition) is 2. The van der Waals surface area contributed by atoms with Crippen molar-refractivity contribution in [2.75, 3.05) is 6.61 Å². The summed E-state index contributed by atoms with van der Waals surface area (Å²) in [5.41, 5.74) is 0. The van der Waals surface area contributed by atoms with E-state index >= 15 is 0 Å². The molecule has 1 saturated heterocycles. The lowest BCUT2D eigenvalue weighted by molar-refractivity contribution is -0.238. The Labute approximate surface area is 70.6 Å². The first-order valence-electron chi connectivity index (χ1n) is 4.17. The fraction of sp³-hybridized carbons (Fsp3) is 0.625. The zero-order chi connectivity index (χ0) is 8.44. The van der Waals surface area contributed by atoms with Gasteiger partial charge in [0, 0.05) is 18.8 Å². The molecule has 4 heteroatoms. The lowest BCUT2D eigenvalue weighted by Gasteiger charge is -2.29. The zero-order valence-corrected chi connectivity index (χ0v) is 6.79. The van der Waals surface area contributed by atoms with Gasteiger partial charge in [-0.25, -0.2) is 4.98 Å². The number of ether oxygens (including phenoxy) is 1. The number of nitrogens with zero attached hydrogens (tertiary/aromatic N) is 1. The Hall–Kier alpha value is -0.870. The standard InChI is InChI=1S/C8H12N2O2/c11-8(3-1-2-6-12-8)7-9-4-5-10-7/h4-5,11H,1-3,6H2,(H,9,10). The summed E-state index contributed by atoms with van der Waals surface area (Å²) >= 11 is 0. The van der Waals surface area contributed by atoms with Crippen LogP contribution in [0.1, 0.15) is 25.1 Å². The number of imidazole rings is 1. The van der Waals surface area contributed by atoms with Crippen molar-refractivity contribution < 1.29 is 9.84 Å². The molecule has 4 nitrogen and oxygen atoms in total. The summed E-state index contributed by atoms with van der Waals surface area (Å²) in [6.07, 6.45) is 5.93. The molecule has 1 unspecified atom stereocenters. The van der Waals surface area contributed by atoms with Crippen molar-refractivity contribution >= 4 is 0 Å². The van der Waals surface area contributed by atoms with E-state index < -0.39 is 5.79 Å². The molecule has 0 aliphatic carbocycles. The van der Waals surface area contributed by atoms with Crippen LogP contribution >= 0.6 is 0 Å². The van der Waals surface area contributed by atoms with Gasteiger partial charge in [0.1, 0.15) is 0 Å². The highest BCUT2D eigenvalue weighted by atomic mass is 16.6. The smallest absolute Gasteiger partial charge is 0.225 e. The van der Waals surface area contributed by atoms with Gasteiger partial charge in [0.2, 0.25) is 5.79 Å². The van der Waals surface area contributed by atoms with Crippen LogP contribution in [0.4, 0.5) is 0 Å². The highest BCUT2D eigenvalue weighted by molar-refractivity contribution is 4.97. The monoisotopic (exact) mass is 168 g/mol. The van der Waals surface area contributed by atoms with Crippen LogP contribution in [0.25, 0.3) is 0 Å². The molecule has 2 heterocycles. The van der Waals surface area contributed by atoms with Gasteiger partial charge in [0.15, 0.2) is 5.82 Å². The third-order valence-corrected chi connectivity index (χ3v) is 2.12. The first kappa shape index (κ1) is 7.76. The van der Waals surface area contributed by atoms with Crippen LogP contribution < -0.4 is 0 Å². The molecule has 1 aromatic heterocycles. The molecule has 1 fully saturated rings. The minimum absolute atomic E-state index is 0.516. The number of hydrogen-bond acceptors (Lipinski definition) is 3. The van der Waals surface area contributed by atoms with Gasteiger partial charge in [-0.2, -0.15) is 0 Å². The molecule has 2 rings (SSSR count). The fourth-order valence-electron chi connectivity index (χ4n) is 1.45. The van der Waals surface area contributed by atoms with Gasteiger partial charge in [-0.3, -0.25) is 0 Å². The quantitative estimate of drug-likeness (QED) is 0.650. The molecule has 0 radical (unpaired) electrons. The lowest BCUT2D eigenvalue weighted by Crippen LogP contribution is -2.34. The molecule has 1 aliphatic rings. The normalized spacial score (nSPS) is 30.4. The molecule has 0 bridgehead atoms. The molecule has 66 valence electrons. The molecule has 0 amide bonds. The van der Waals surface area contributed by atoms with Gasteiger partial charge in [0.05, 0.1) is 6.61 Å². The SMILES string of the molecule is OC1(c2ncc[nH]2)CCCCO1. The van der Waals surface area contributed by atoms with Crippen LogP contribution in [0, 0.1) is 0 Å². The van der Waals surface area contributed by atoms with E-state index in [0.717, 1.165) is 12.8 Å². The Morgan fingerprint density at radius 1 is 1.58 bits per heavy atom. The number of aliphatic hydroxyl groups is 1. The highest BCUT2D eigenvalue weighted by Gasteiger charge is 2.34. The average molecular weight is 168 g/mol. The Balaban J connectivity index is 2.19. The summed E-state index contributed by atoms with van der Waals surface area (Å²) in [7, 11) is 0. The molecule has 2 N–H and O–H groups in total. The lowest BCUT2D eigenvalue weighted by atomic mass is 10.1. The first-order chi connectivity index (χ1) is 5.81. The number of H-pyrrole nitrogens is 1. The van der Waals surface area contributed by atoms with E-state index in [4.69, 9.17) is 4.74 Å². The van der Waals surface area contributed by atoms with Crippen LogP contribution in [0.3, 0.4) is 0 Å². The zero-order valence-electron chi connectivity index (χ0n) is 6.79. The minimum atomic E-state index is -1.16. The number of nitrogens with one attached hydrogen (secondary N) is 1. The molecule has 0 saturated carbocycles. The molecule has 1 atom stereocenters. The van der Waals surface area contributed by atoms with Crippen molar-refractivity contribution in [2.45, 2.75) is 25.0 Å².